The van der Waals surface area contributed by atoms with Crippen LogP contribution in [0.3, 0.4) is 0 Å². The van der Waals surface area contributed by atoms with Crippen molar-refractivity contribution in [2.75, 3.05) is 27.2 Å². The van der Waals surface area contributed by atoms with Gasteiger partial charge in [0, 0.05) is 26.2 Å². The van der Waals surface area contributed by atoms with Gasteiger partial charge in [-0.15, -0.1) is 12.4 Å². The molecule has 1 amide bonds. The summed E-state index contributed by atoms with van der Waals surface area (Å²) in [6.07, 6.45) is 0. The van der Waals surface area contributed by atoms with Gasteiger partial charge in [-0.05, 0) is 25.2 Å². The predicted molar refractivity (Wildman–Crippen MR) is 83.4 cm³/mol. The number of para-hydroxylation sites is 1. The number of ether oxygens (including phenoxy) is 1. The molecule has 1 aromatic carbocycles. The van der Waals surface area contributed by atoms with Crippen molar-refractivity contribution in [2.45, 2.75) is 0 Å². The van der Waals surface area contributed by atoms with E-state index in [0.29, 0.717) is 18.2 Å². The van der Waals surface area contributed by atoms with Crippen molar-refractivity contribution in [1.29, 1.82) is 0 Å². The van der Waals surface area contributed by atoms with Crippen molar-refractivity contribution in [3.8, 4) is 11.7 Å². The lowest BCUT2D eigenvalue weighted by Crippen LogP contribution is -2.32. The quantitative estimate of drug-likeness (QED) is 0.891. The number of halogens is 1. The van der Waals surface area contributed by atoms with Crippen LogP contribution < -0.4 is 10.1 Å². The highest BCUT2D eigenvalue weighted by Gasteiger charge is 2.16. The molecule has 0 bridgehead atoms. The fourth-order valence-corrected chi connectivity index (χ4v) is 1.66. The molecule has 0 fully saturated rings. The summed E-state index contributed by atoms with van der Waals surface area (Å²) in [7, 11) is 3.58. The summed E-state index contributed by atoms with van der Waals surface area (Å²) in [5.41, 5.74) is 0. The number of amides is 1. The third kappa shape index (κ3) is 4.81. The van der Waals surface area contributed by atoms with Gasteiger partial charge in [-0.3, -0.25) is 4.79 Å². The van der Waals surface area contributed by atoms with E-state index in [2.05, 4.69) is 5.32 Å². The molecular formula is C15H19ClN2O3. The molecule has 1 aromatic heterocycles. The van der Waals surface area contributed by atoms with E-state index in [-0.39, 0.29) is 24.1 Å². The second-order valence-corrected chi connectivity index (χ2v) is 4.36. The number of benzene rings is 1. The van der Waals surface area contributed by atoms with Crippen molar-refractivity contribution in [3.63, 3.8) is 0 Å². The summed E-state index contributed by atoms with van der Waals surface area (Å²) in [5.74, 6) is 1.09. The van der Waals surface area contributed by atoms with Gasteiger partial charge in [-0.2, -0.15) is 0 Å². The molecule has 2 aromatic rings. The molecule has 0 unspecified atom stereocenters. The molecule has 21 heavy (non-hydrogen) atoms. The number of hydrogen-bond donors (Lipinski definition) is 1. The number of furan rings is 1. The third-order valence-electron chi connectivity index (χ3n) is 2.80. The van der Waals surface area contributed by atoms with Crippen LogP contribution in [-0.4, -0.2) is 38.0 Å². The Kier molecular flexibility index (Phi) is 6.78. The van der Waals surface area contributed by atoms with Gasteiger partial charge < -0.3 is 19.4 Å². The fraction of sp³-hybridized carbons (Fsp3) is 0.267. The highest BCUT2D eigenvalue weighted by Crippen LogP contribution is 2.23. The molecule has 0 atom stereocenters. The molecule has 2 rings (SSSR count). The Hall–Kier alpha value is -1.98. The van der Waals surface area contributed by atoms with Gasteiger partial charge in [0.1, 0.15) is 5.75 Å². The lowest BCUT2D eigenvalue weighted by atomic mass is 10.3. The predicted octanol–water partition coefficient (Wildman–Crippen LogP) is 2.79. The van der Waals surface area contributed by atoms with Crippen LogP contribution in [0.4, 0.5) is 0 Å². The van der Waals surface area contributed by atoms with Crippen LogP contribution in [0.1, 0.15) is 10.6 Å². The summed E-state index contributed by atoms with van der Waals surface area (Å²) in [5, 5.41) is 2.99. The van der Waals surface area contributed by atoms with Crippen LogP contribution in [0.15, 0.2) is 46.9 Å². The van der Waals surface area contributed by atoms with Crippen LogP contribution in [0.2, 0.25) is 0 Å². The van der Waals surface area contributed by atoms with Crippen LogP contribution in [0.5, 0.6) is 11.7 Å². The van der Waals surface area contributed by atoms with Crippen LogP contribution in [0, 0.1) is 0 Å². The molecule has 0 saturated carbocycles. The van der Waals surface area contributed by atoms with E-state index in [1.165, 1.54) is 0 Å². The fourth-order valence-electron chi connectivity index (χ4n) is 1.66. The van der Waals surface area contributed by atoms with Gasteiger partial charge in [0.2, 0.25) is 0 Å². The molecule has 0 aliphatic carbocycles. The summed E-state index contributed by atoms with van der Waals surface area (Å²) in [6, 6.07) is 12.6. The van der Waals surface area contributed by atoms with Gasteiger partial charge in [-0.25, -0.2) is 0 Å². The normalized spacial score (nSPS) is 9.81. The molecule has 0 aliphatic rings. The summed E-state index contributed by atoms with van der Waals surface area (Å²) < 4.78 is 10.9. The lowest BCUT2D eigenvalue weighted by Gasteiger charge is -2.14. The van der Waals surface area contributed by atoms with Gasteiger partial charge in [0.15, 0.2) is 5.76 Å². The van der Waals surface area contributed by atoms with Crippen LogP contribution in [0.25, 0.3) is 0 Å². The minimum Gasteiger partial charge on any atom is -0.426 e. The average molecular weight is 311 g/mol. The average Bonchev–Trinajstić information content (AvgIpc) is 2.93. The Bertz CT molecular complexity index is 557. The van der Waals surface area contributed by atoms with E-state index in [0.717, 1.165) is 6.54 Å². The minimum absolute atomic E-state index is 0. The first kappa shape index (κ1) is 17.1. The monoisotopic (exact) mass is 310 g/mol. The number of carbonyl (C=O) groups is 1. The standard InChI is InChI=1S/C15H18N2O3.ClH/c1-16-10-11-17(2)15(18)13-8-9-14(20-13)19-12-6-4-3-5-7-12;/h3-9,16H,10-11H2,1-2H3;1H. The molecule has 0 aliphatic heterocycles. The zero-order valence-corrected chi connectivity index (χ0v) is 12.9. The maximum Gasteiger partial charge on any atom is 0.290 e. The Labute approximate surface area is 130 Å². The molecule has 6 heteroatoms. The van der Waals surface area contributed by atoms with Crippen molar-refractivity contribution < 1.29 is 13.9 Å². The number of rotatable bonds is 6. The van der Waals surface area contributed by atoms with Gasteiger partial charge in [0.05, 0.1) is 0 Å². The van der Waals surface area contributed by atoms with E-state index < -0.39 is 0 Å². The first-order chi connectivity index (χ1) is 9.70. The topological polar surface area (TPSA) is 54.7 Å². The largest absolute Gasteiger partial charge is 0.426 e. The minimum atomic E-state index is -0.164. The first-order valence-corrected chi connectivity index (χ1v) is 6.43. The highest BCUT2D eigenvalue weighted by molar-refractivity contribution is 5.91. The maximum atomic E-state index is 12.1. The number of nitrogens with zero attached hydrogens (tertiary/aromatic N) is 1. The highest BCUT2D eigenvalue weighted by atomic mass is 35.5. The Morgan fingerprint density at radius 2 is 1.95 bits per heavy atom. The van der Waals surface area contributed by atoms with Crippen LogP contribution >= 0.6 is 12.4 Å². The Balaban J connectivity index is 0.00000220. The van der Waals surface area contributed by atoms with E-state index in [1.807, 2.05) is 37.4 Å². The summed E-state index contributed by atoms with van der Waals surface area (Å²) in [4.78, 5) is 13.7. The Morgan fingerprint density at radius 1 is 1.24 bits per heavy atom. The zero-order valence-electron chi connectivity index (χ0n) is 12.0. The molecular weight excluding hydrogens is 292 g/mol. The SMILES string of the molecule is CNCCN(C)C(=O)c1ccc(Oc2ccccc2)o1.Cl. The van der Waals surface area contributed by atoms with E-state index in [1.54, 1.807) is 24.1 Å². The van der Waals surface area contributed by atoms with E-state index in [9.17, 15) is 4.79 Å². The first-order valence-electron chi connectivity index (χ1n) is 6.43. The molecule has 114 valence electrons. The van der Waals surface area contributed by atoms with Crippen molar-refractivity contribution in [2.24, 2.45) is 0 Å². The molecule has 0 spiro atoms. The molecule has 1 N–H and O–H groups in total. The summed E-state index contributed by atoms with van der Waals surface area (Å²) >= 11 is 0. The number of nitrogens with one attached hydrogen (secondary N) is 1. The molecule has 0 radical (unpaired) electrons. The van der Waals surface area contributed by atoms with Gasteiger partial charge in [-0.1, -0.05) is 18.2 Å². The number of hydrogen-bond acceptors (Lipinski definition) is 4. The molecule has 1 heterocycles. The summed E-state index contributed by atoms with van der Waals surface area (Å²) in [6.45, 7) is 1.35. The van der Waals surface area contributed by atoms with Crippen LogP contribution in [-0.2, 0) is 0 Å². The smallest absolute Gasteiger partial charge is 0.290 e. The second-order valence-electron chi connectivity index (χ2n) is 4.36. The van der Waals surface area contributed by atoms with Gasteiger partial charge in [0.25, 0.3) is 11.9 Å². The van der Waals surface area contributed by atoms with Crippen molar-refractivity contribution in [1.82, 2.24) is 10.2 Å². The van der Waals surface area contributed by atoms with Crippen molar-refractivity contribution >= 4 is 18.3 Å². The molecule has 0 saturated heterocycles. The van der Waals surface area contributed by atoms with E-state index >= 15 is 0 Å². The second kappa shape index (κ2) is 8.34. The number of carbonyl (C=O) groups excluding carboxylic acids is 1. The maximum absolute atomic E-state index is 12.1. The van der Waals surface area contributed by atoms with Gasteiger partial charge >= 0.3 is 0 Å². The van der Waals surface area contributed by atoms with E-state index in [4.69, 9.17) is 9.15 Å². The lowest BCUT2D eigenvalue weighted by molar-refractivity contribution is 0.0760. The molecule has 5 nitrogen and oxygen atoms in total. The Morgan fingerprint density at radius 3 is 2.62 bits per heavy atom. The number of likely N-dealkylation sites (N-methyl/N-ethyl adjacent to an activating group) is 2. The van der Waals surface area contributed by atoms with Crippen molar-refractivity contribution in [3.05, 3.63) is 48.2 Å². The zero-order chi connectivity index (χ0) is 14.4. The third-order valence-corrected chi connectivity index (χ3v) is 2.80.